The van der Waals surface area contributed by atoms with Gasteiger partial charge >= 0.3 is 0 Å². The monoisotopic (exact) mass is 296 g/mol. The van der Waals surface area contributed by atoms with Crippen LogP contribution >= 0.6 is 0 Å². The molecule has 0 aliphatic rings. The lowest BCUT2D eigenvalue weighted by Gasteiger charge is -2.19. The third kappa shape index (κ3) is 3.67. The van der Waals surface area contributed by atoms with Crippen molar-refractivity contribution in [3.63, 3.8) is 0 Å². The molecule has 0 fully saturated rings. The lowest BCUT2D eigenvalue weighted by molar-refractivity contribution is 0.0785. The van der Waals surface area contributed by atoms with E-state index in [1.807, 2.05) is 50.3 Å². The largest absolute Gasteiger partial charge is 0.378 e. The molecule has 0 atom stereocenters. The van der Waals surface area contributed by atoms with E-state index in [0.717, 1.165) is 11.3 Å². The first-order chi connectivity index (χ1) is 10.4. The van der Waals surface area contributed by atoms with E-state index >= 15 is 0 Å². The van der Waals surface area contributed by atoms with Crippen LogP contribution in [0.25, 0.3) is 0 Å². The molecule has 0 saturated carbocycles. The van der Waals surface area contributed by atoms with Crippen molar-refractivity contribution in [2.24, 2.45) is 0 Å². The molecule has 0 aliphatic heterocycles. The van der Waals surface area contributed by atoms with Crippen LogP contribution in [0.3, 0.4) is 0 Å². The molecule has 0 radical (unpaired) electrons. The van der Waals surface area contributed by atoms with Crippen LogP contribution in [-0.2, 0) is 6.54 Å². The Kier molecular flexibility index (Phi) is 4.86. The fraction of sp³-hybridized carbons (Fsp3) is 0.316. The smallest absolute Gasteiger partial charge is 0.253 e. The first kappa shape index (κ1) is 16.1. The van der Waals surface area contributed by atoms with E-state index in [9.17, 15) is 4.79 Å². The summed E-state index contributed by atoms with van der Waals surface area (Å²) in [6, 6.07) is 14.1. The van der Waals surface area contributed by atoms with Crippen LogP contribution in [0.15, 0.2) is 42.5 Å². The molecular weight excluding hydrogens is 272 g/mol. The summed E-state index contributed by atoms with van der Waals surface area (Å²) in [6.07, 6.45) is 0. The minimum Gasteiger partial charge on any atom is -0.378 e. The van der Waals surface area contributed by atoms with Crippen molar-refractivity contribution in [1.29, 1.82) is 0 Å². The standard InChI is InChI=1S/C19H24N2O/c1-14-6-7-17(15(2)12-14)13-21(5)19(22)16-8-10-18(11-9-16)20(3)4/h6-12H,13H2,1-5H3. The minimum atomic E-state index is 0.0466. The fourth-order valence-corrected chi connectivity index (χ4v) is 2.47. The Morgan fingerprint density at radius 1 is 0.955 bits per heavy atom. The van der Waals surface area contributed by atoms with E-state index < -0.39 is 0 Å². The number of hydrogen-bond donors (Lipinski definition) is 0. The molecule has 0 spiro atoms. The molecule has 22 heavy (non-hydrogen) atoms. The van der Waals surface area contributed by atoms with E-state index in [4.69, 9.17) is 0 Å². The first-order valence-electron chi connectivity index (χ1n) is 7.47. The molecule has 2 aromatic carbocycles. The zero-order valence-corrected chi connectivity index (χ0v) is 14.1. The Morgan fingerprint density at radius 2 is 1.59 bits per heavy atom. The Labute approximate surface area is 133 Å². The Hall–Kier alpha value is -2.29. The third-order valence-corrected chi connectivity index (χ3v) is 3.88. The summed E-state index contributed by atoms with van der Waals surface area (Å²) in [7, 11) is 5.83. The molecule has 0 N–H and O–H groups in total. The molecule has 3 nitrogen and oxygen atoms in total. The van der Waals surface area contributed by atoms with E-state index in [2.05, 4.69) is 32.0 Å². The Morgan fingerprint density at radius 3 is 2.14 bits per heavy atom. The van der Waals surface area contributed by atoms with Crippen LogP contribution in [0.1, 0.15) is 27.0 Å². The molecule has 0 saturated heterocycles. The maximum atomic E-state index is 12.5. The lowest BCUT2D eigenvalue weighted by atomic mass is 10.1. The zero-order valence-electron chi connectivity index (χ0n) is 14.1. The number of hydrogen-bond acceptors (Lipinski definition) is 2. The van der Waals surface area contributed by atoms with Gasteiger partial charge in [0, 0.05) is 38.9 Å². The van der Waals surface area contributed by atoms with E-state index in [-0.39, 0.29) is 5.91 Å². The van der Waals surface area contributed by atoms with Gasteiger partial charge in [0.15, 0.2) is 0 Å². The molecule has 3 heteroatoms. The van der Waals surface area contributed by atoms with Crippen LogP contribution in [0.4, 0.5) is 5.69 Å². The Bertz CT molecular complexity index is 660. The molecule has 0 aromatic heterocycles. The van der Waals surface area contributed by atoms with Crippen molar-refractivity contribution < 1.29 is 4.79 Å². The number of aryl methyl sites for hydroxylation is 2. The molecule has 0 bridgehead atoms. The number of anilines is 1. The summed E-state index contributed by atoms with van der Waals surface area (Å²) < 4.78 is 0. The highest BCUT2D eigenvalue weighted by atomic mass is 16.2. The van der Waals surface area contributed by atoms with Crippen LogP contribution < -0.4 is 4.90 Å². The van der Waals surface area contributed by atoms with Gasteiger partial charge in [-0.25, -0.2) is 0 Å². The van der Waals surface area contributed by atoms with Crippen molar-refractivity contribution in [3.8, 4) is 0 Å². The molecule has 0 unspecified atom stereocenters. The van der Waals surface area contributed by atoms with Crippen molar-refractivity contribution in [3.05, 3.63) is 64.7 Å². The van der Waals surface area contributed by atoms with Crippen molar-refractivity contribution in [2.45, 2.75) is 20.4 Å². The number of amides is 1. The van der Waals surface area contributed by atoms with E-state index in [1.54, 1.807) is 4.90 Å². The second kappa shape index (κ2) is 6.65. The predicted molar refractivity (Wildman–Crippen MR) is 92.5 cm³/mol. The van der Waals surface area contributed by atoms with Crippen molar-refractivity contribution in [2.75, 3.05) is 26.0 Å². The second-order valence-corrected chi connectivity index (χ2v) is 6.03. The SMILES string of the molecule is Cc1ccc(CN(C)C(=O)c2ccc(N(C)C)cc2)c(C)c1. The molecule has 1 amide bonds. The van der Waals surface area contributed by atoms with Crippen molar-refractivity contribution >= 4 is 11.6 Å². The minimum absolute atomic E-state index is 0.0466. The highest BCUT2D eigenvalue weighted by molar-refractivity contribution is 5.94. The van der Waals surface area contributed by atoms with Gasteiger partial charge in [-0.1, -0.05) is 23.8 Å². The molecular formula is C19H24N2O. The van der Waals surface area contributed by atoms with Gasteiger partial charge in [0.25, 0.3) is 5.91 Å². The predicted octanol–water partition coefficient (Wildman–Crippen LogP) is 3.64. The lowest BCUT2D eigenvalue weighted by Crippen LogP contribution is -2.26. The van der Waals surface area contributed by atoms with Crippen molar-refractivity contribution in [1.82, 2.24) is 4.90 Å². The van der Waals surface area contributed by atoms with Crippen LogP contribution in [-0.4, -0.2) is 32.0 Å². The highest BCUT2D eigenvalue weighted by Gasteiger charge is 2.13. The van der Waals surface area contributed by atoms with Crippen LogP contribution in [0.5, 0.6) is 0 Å². The highest BCUT2D eigenvalue weighted by Crippen LogP contribution is 2.16. The Balaban J connectivity index is 2.11. The van der Waals surface area contributed by atoms with Gasteiger partial charge in [0.2, 0.25) is 0 Å². The van der Waals surface area contributed by atoms with E-state index in [1.165, 1.54) is 16.7 Å². The summed E-state index contributed by atoms with van der Waals surface area (Å²) in [5.41, 5.74) is 5.47. The molecule has 0 heterocycles. The number of benzene rings is 2. The second-order valence-electron chi connectivity index (χ2n) is 6.03. The average molecular weight is 296 g/mol. The van der Waals surface area contributed by atoms with Gasteiger partial charge in [-0.15, -0.1) is 0 Å². The molecule has 116 valence electrons. The maximum Gasteiger partial charge on any atom is 0.253 e. The average Bonchev–Trinajstić information content (AvgIpc) is 2.49. The normalized spacial score (nSPS) is 10.4. The zero-order chi connectivity index (χ0) is 16.3. The number of rotatable bonds is 4. The maximum absolute atomic E-state index is 12.5. The van der Waals surface area contributed by atoms with Gasteiger partial charge in [-0.05, 0) is 49.2 Å². The summed E-state index contributed by atoms with van der Waals surface area (Å²) >= 11 is 0. The number of carbonyl (C=O) groups is 1. The number of carbonyl (C=O) groups excluding carboxylic acids is 1. The first-order valence-corrected chi connectivity index (χ1v) is 7.47. The summed E-state index contributed by atoms with van der Waals surface area (Å²) in [5, 5.41) is 0. The van der Waals surface area contributed by atoms with Gasteiger partial charge in [-0.2, -0.15) is 0 Å². The van der Waals surface area contributed by atoms with E-state index in [0.29, 0.717) is 6.54 Å². The van der Waals surface area contributed by atoms with Gasteiger partial charge in [0.1, 0.15) is 0 Å². The van der Waals surface area contributed by atoms with Crippen LogP contribution in [0.2, 0.25) is 0 Å². The molecule has 0 aliphatic carbocycles. The molecule has 2 aromatic rings. The summed E-state index contributed by atoms with van der Waals surface area (Å²) in [5.74, 6) is 0.0466. The third-order valence-electron chi connectivity index (χ3n) is 3.88. The topological polar surface area (TPSA) is 23.6 Å². The molecule has 2 rings (SSSR count). The van der Waals surface area contributed by atoms with Gasteiger partial charge in [0.05, 0.1) is 0 Å². The fourth-order valence-electron chi connectivity index (χ4n) is 2.47. The van der Waals surface area contributed by atoms with Gasteiger partial charge < -0.3 is 9.80 Å². The quantitative estimate of drug-likeness (QED) is 0.860. The summed E-state index contributed by atoms with van der Waals surface area (Å²) in [6.45, 7) is 4.80. The van der Waals surface area contributed by atoms with Gasteiger partial charge in [-0.3, -0.25) is 4.79 Å². The number of nitrogens with zero attached hydrogens (tertiary/aromatic N) is 2. The van der Waals surface area contributed by atoms with Crippen LogP contribution in [0, 0.1) is 13.8 Å². The summed E-state index contributed by atoms with van der Waals surface area (Å²) in [4.78, 5) is 16.3.